The third kappa shape index (κ3) is 4.38. The van der Waals surface area contributed by atoms with E-state index in [1.165, 1.54) is 0 Å². The molecule has 0 spiro atoms. The van der Waals surface area contributed by atoms with Gasteiger partial charge in [0.2, 0.25) is 5.78 Å². The topological polar surface area (TPSA) is 46.6 Å². The molecule has 4 rings (SSSR count). The Balaban J connectivity index is 1.41. The van der Waals surface area contributed by atoms with Crippen LogP contribution >= 0.6 is 27.7 Å². The Bertz CT molecular complexity index is 1020. The lowest BCUT2D eigenvalue weighted by molar-refractivity contribution is -0.142. The summed E-state index contributed by atoms with van der Waals surface area (Å²) in [7, 11) is 0. The van der Waals surface area contributed by atoms with Crippen LogP contribution in [0.25, 0.3) is 0 Å². The quantitative estimate of drug-likeness (QED) is 0.335. The van der Waals surface area contributed by atoms with Crippen molar-refractivity contribution in [3.05, 3.63) is 82.8 Å². The summed E-state index contributed by atoms with van der Waals surface area (Å²) < 4.78 is 5.93. The maximum atomic E-state index is 12.3. The molecule has 0 aliphatic carbocycles. The zero-order valence-electron chi connectivity index (χ0n) is 15.5. The zero-order chi connectivity index (χ0) is 20.2. The fourth-order valence-electron chi connectivity index (χ4n) is 3.21. The number of anilines is 2. The van der Waals surface area contributed by atoms with Gasteiger partial charge in [-0.05, 0) is 30.3 Å². The van der Waals surface area contributed by atoms with Crippen LogP contribution < -0.4 is 4.90 Å². The number of carbonyl (C=O) groups is 2. The largest absolute Gasteiger partial charge is 0.457 e. The Hall–Kier alpha value is -2.57. The van der Waals surface area contributed by atoms with E-state index in [4.69, 9.17) is 4.74 Å². The van der Waals surface area contributed by atoms with Crippen molar-refractivity contribution in [1.29, 1.82) is 0 Å². The molecular formula is C23H18BrNO3S. The molecule has 3 aromatic rings. The summed E-state index contributed by atoms with van der Waals surface area (Å²) in [6.07, 6.45) is 0.191. The Morgan fingerprint density at radius 2 is 1.45 bits per heavy atom. The van der Waals surface area contributed by atoms with Crippen molar-refractivity contribution in [1.82, 2.24) is 0 Å². The highest BCUT2D eigenvalue weighted by molar-refractivity contribution is 9.10. The highest BCUT2D eigenvalue weighted by atomic mass is 79.9. The molecule has 0 saturated carbocycles. The first kappa shape index (κ1) is 19.7. The third-order valence-corrected chi connectivity index (χ3v) is 6.43. The molecule has 0 amide bonds. The lowest BCUT2D eigenvalue weighted by Gasteiger charge is -2.32. The van der Waals surface area contributed by atoms with Gasteiger partial charge in [0.1, 0.15) is 0 Å². The van der Waals surface area contributed by atoms with Crippen LogP contribution in [-0.4, -0.2) is 24.9 Å². The molecule has 0 aromatic heterocycles. The smallest absolute Gasteiger partial charge is 0.308 e. The van der Waals surface area contributed by atoms with Crippen molar-refractivity contribution in [3.8, 4) is 0 Å². The number of carbonyl (C=O) groups excluding carboxylic acids is 2. The van der Waals surface area contributed by atoms with E-state index >= 15 is 0 Å². The van der Waals surface area contributed by atoms with Crippen molar-refractivity contribution in [2.75, 3.05) is 18.1 Å². The van der Waals surface area contributed by atoms with Gasteiger partial charge in [-0.1, -0.05) is 70.2 Å². The van der Waals surface area contributed by atoms with Gasteiger partial charge in [0.05, 0.1) is 17.8 Å². The number of nitrogens with zero attached hydrogens (tertiary/aromatic N) is 1. The highest BCUT2D eigenvalue weighted by Crippen LogP contribution is 2.47. The summed E-state index contributed by atoms with van der Waals surface area (Å²) in [5.41, 5.74) is 2.66. The lowest BCUT2D eigenvalue weighted by Crippen LogP contribution is -2.25. The van der Waals surface area contributed by atoms with Gasteiger partial charge >= 0.3 is 5.97 Å². The molecule has 1 aliphatic rings. The lowest BCUT2D eigenvalue weighted by atomic mass is 10.1. The summed E-state index contributed by atoms with van der Waals surface area (Å²) in [4.78, 5) is 29.0. The standard InChI is InChI=1S/C23H18BrNO3S/c24-17-8-2-1-7-16(17)20(26)15-28-23(27)13-14-25-18-9-3-5-11-21(18)29-22-12-6-4-10-19(22)25/h1-12H,13-15H2. The minimum absolute atomic E-state index is 0.191. The van der Waals surface area contributed by atoms with Crippen LogP contribution in [0.15, 0.2) is 87.1 Å². The van der Waals surface area contributed by atoms with Crippen LogP contribution in [0.2, 0.25) is 0 Å². The van der Waals surface area contributed by atoms with Gasteiger partial charge in [0.15, 0.2) is 6.61 Å². The normalized spacial score (nSPS) is 12.1. The highest BCUT2D eigenvalue weighted by Gasteiger charge is 2.23. The van der Waals surface area contributed by atoms with Gasteiger partial charge in [-0.15, -0.1) is 0 Å². The predicted molar refractivity (Wildman–Crippen MR) is 118 cm³/mol. The molecule has 0 atom stereocenters. The molecule has 0 radical (unpaired) electrons. The number of Topliss-reactive ketones (excluding diaryl/α,β-unsaturated/α-hetero) is 1. The summed E-state index contributed by atoms with van der Waals surface area (Å²) in [5, 5.41) is 0. The third-order valence-electron chi connectivity index (χ3n) is 4.61. The van der Waals surface area contributed by atoms with Gasteiger partial charge in [-0.25, -0.2) is 0 Å². The van der Waals surface area contributed by atoms with E-state index in [1.807, 2.05) is 30.3 Å². The molecule has 0 N–H and O–H groups in total. The maximum absolute atomic E-state index is 12.3. The summed E-state index contributed by atoms with van der Waals surface area (Å²) >= 11 is 5.07. The van der Waals surface area contributed by atoms with Crippen molar-refractivity contribution in [2.24, 2.45) is 0 Å². The number of esters is 1. The van der Waals surface area contributed by atoms with E-state index in [2.05, 4.69) is 45.1 Å². The number of ether oxygens (including phenoxy) is 1. The molecule has 0 unspecified atom stereocenters. The van der Waals surface area contributed by atoms with E-state index in [1.54, 1.807) is 30.0 Å². The molecule has 4 nitrogen and oxygen atoms in total. The molecule has 6 heteroatoms. The van der Waals surface area contributed by atoms with Gasteiger partial charge in [0, 0.05) is 26.4 Å². The van der Waals surface area contributed by atoms with Crippen LogP contribution in [0.4, 0.5) is 11.4 Å². The Morgan fingerprint density at radius 3 is 2.10 bits per heavy atom. The van der Waals surface area contributed by atoms with Crippen LogP contribution in [0.5, 0.6) is 0 Å². The second-order valence-corrected chi connectivity index (χ2v) is 8.44. The van der Waals surface area contributed by atoms with Crippen molar-refractivity contribution in [2.45, 2.75) is 16.2 Å². The number of ketones is 1. The average molecular weight is 468 g/mol. The molecule has 0 fully saturated rings. The van der Waals surface area contributed by atoms with E-state index < -0.39 is 5.97 Å². The van der Waals surface area contributed by atoms with Crippen LogP contribution in [0.3, 0.4) is 0 Å². The average Bonchev–Trinajstić information content (AvgIpc) is 2.75. The second-order valence-electron chi connectivity index (χ2n) is 6.50. The molecule has 146 valence electrons. The summed E-state index contributed by atoms with van der Waals surface area (Å²) in [5.74, 6) is -0.616. The van der Waals surface area contributed by atoms with Crippen molar-refractivity contribution < 1.29 is 14.3 Å². The predicted octanol–water partition coefficient (Wildman–Crippen LogP) is 5.87. The van der Waals surface area contributed by atoms with Crippen LogP contribution in [0.1, 0.15) is 16.8 Å². The molecular weight excluding hydrogens is 450 g/mol. The van der Waals surface area contributed by atoms with E-state index in [0.717, 1.165) is 21.2 Å². The first-order valence-corrected chi connectivity index (χ1v) is 10.8. The summed E-state index contributed by atoms with van der Waals surface area (Å²) in [6, 6.07) is 23.4. The Morgan fingerprint density at radius 1 is 0.862 bits per heavy atom. The number of rotatable bonds is 6. The fraction of sp³-hybridized carbons (Fsp3) is 0.130. The maximum Gasteiger partial charge on any atom is 0.308 e. The molecule has 1 heterocycles. The molecule has 0 saturated heterocycles. The number of para-hydroxylation sites is 2. The van der Waals surface area contributed by atoms with Crippen molar-refractivity contribution in [3.63, 3.8) is 0 Å². The second kappa shape index (κ2) is 8.84. The minimum Gasteiger partial charge on any atom is -0.457 e. The first-order valence-electron chi connectivity index (χ1n) is 9.20. The molecule has 1 aliphatic heterocycles. The van der Waals surface area contributed by atoms with Gasteiger partial charge < -0.3 is 9.64 Å². The Kier molecular flexibility index (Phi) is 6.02. The fourth-order valence-corrected chi connectivity index (χ4v) is 4.81. The van der Waals surface area contributed by atoms with Crippen molar-refractivity contribution >= 4 is 50.8 Å². The van der Waals surface area contributed by atoms with Crippen LogP contribution in [-0.2, 0) is 9.53 Å². The van der Waals surface area contributed by atoms with E-state index in [0.29, 0.717) is 16.6 Å². The number of fused-ring (bicyclic) bond motifs is 2. The first-order chi connectivity index (χ1) is 14.1. The monoisotopic (exact) mass is 467 g/mol. The molecule has 0 bridgehead atoms. The minimum atomic E-state index is -0.390. The number of hydrogen-bond donors (Lipinski definition) is 0. The number of halogens is 1. The molecule has 3 aromatic carbocycles. The number of benzene rings is 3. The SMILES string of the molecule is O=C(CCN1c2ccccc2Sc2ccccc21)OCC(=O)c1ccccc1Br. The Labute approximate surface area is 182 Å². The van der Waals surface area contributed by atoms with Gasteiger partial charge in [-0.3, -0.25) is 9.59 Å². The van der Waals surface area contributed by atoms with Crippen LogP contribution in [0, 0.1) is 0 Å². The number of hydrogen-bond acceptors (Lipinski definition) is 5. The zero-order valence-corrected chi connectivity index (χ0v) is 17.9. The van der Waals surface area contributed by atoms with E-state index in [-0.39, 0.29) is 18.8 Å². The molecule has 29 heavy (non-hydrogen) atoms. The van der Waals surface area contributed by atoms with E-state index in [9.17, 15) is 9.59 Å². The van der Waals surface area contributed by atoms with Gasteiger partial charge in [-0.2, -0.15) is 0 Å². The van der Waals surface area contributed by atoms with Gasteiger partial charge in [0.25, 0.3) is 0 Å². The summed E-state index contributed by atoms with van der Waals surface area (Å²) in [6.45, 7) is 0.223.